The molecule has 1 saturated heterocycles. The van der Waals surface area contributed by atoms with Crippen molar-refractivity contribution in [1.29, 1.82) is 0 Å². The van der Waals surface area contributed by atoms with Crippen LogP contribution in [0.3, 0.4) is 0 Å². The second kappa shape index (κ2) is 7.64. The third kappa shape index (κ3) is 3.75. The molecule has 1 fully saturated rings. The summed E-state index contributed by atoms with van der Waals surface area (Å²) in [5.41, 5.74) is 3.20. The summed E-state index contributed by atoms with van der Waals surface area (Å²) in [5, 5.41) is 5.13. The van der Waals surface area contributed by atoms with Gasteiger partial charge < -0.3 is 10.2 Å². The molecule has 1 N–H and O–H groups in total. The van der Waals surface area contributed by atoms with Crippen molar-refractivity contribution in [2.24, 2.45) is 0 Å². The Kier molecular flexibility index (Phi) is 5.34. The maximum atomic E-state index is 12.6. The topological polar surface area (TPSA) is 32.3 Å². The molecular formula is C19H24N2OS. The molecule has 1 aromatic carbocycles. The second-order valence-corrected chi connectivity index (χ2v) is 6.92. The lowest BCUT2D eigenvalue weighted by Gasteiger charge is -2.25. The van der Waals surface area contributed by atoms with E-state index in [-0.39, 0.29) is 5.91 Å². The summed E-state index contributed by atoms with van der Waals surface area (Å²) in [5.74, 6) is 0.0131. The molecular weight excluding hydrogens is 304 g/mol. The Labute approximate surface area is 142 Å². The van der Waals surface area contributed by atoms with Crippen LogP contribution >= 0.6 is 11.3 Å². The van der Waals surface area contributed by atoms with Gasteiger partial charge in [0.2, 0.25) is 0 Å². The van der Waals surface area contributed by atoms with Crippen LogP contribution in [0.1, 0.15) is 47.8 Å². The number of carbonyl (C=O) groups is 1. The average Bonchev–Trinajstić information content (AvgIpc) is 2.90. The number of amides is 1. The molecule has 3 nitrogen and oxygen atoms in total. The largest absolute Gasteiger partial charge is 0.370 e. The lowest BCUT2D eigenvalue weighted by molar-refractivity contribution is 0.103. The van der Waals surface area contributed by atoms with Crippen LogP contribution in [0, 0.1) is 0 Å². The number of benzene rings is 1. The first-order chi connectivity index (χ1) is 11.3. The van der Waals surface area contributed by atoms with Crippen molar-refractivity contribution in [3.8, 4) is 0 Å². The van der Waals surface area contributed by atoms with Gasteiger partial charge in [0, 0.05) is 13.1 Å². The first kappa shape index (κ1) is 16.1. The minimum absolute atomic E-state index is 0.0131. The van der Waals surface area contributed by atoms with Crippen molar-refractivity contribution in [2.45, 2.75) is 39.0 Å². The maximum absolute atomic E-state index is 12.6. The van der Waals surface area contributed by atoms with Crippen molar-refractivity contribution >= 4 is 28.6 Å². The van der Waals surface area contributed by atoms with E-state index in [0.29, 0.717) is 0 Å². The molecule has 0 spiro atoms. The normalized spacial score (nSPS) is 15.3. The third-order valence-corrected chi connectivity index (χ3v) is 5.39. The van der Waals surface area contributed by atoms with Crippen LogP contribution in [0.4, 0.5) is 11.4 Å². The van der Waals surface area contributed by atoms with E-state index in [9.17, 15) is 4.79 Å². The van der Waals surface area contributed by atoms with Gasteiger partial charge in [-0.3, -0.25) is 4.79 Å². The summed E-state index contributed by atoms with van der Waals surface area (Å²) < 4.78 is 0. The lowest BCUT2D eigenvalue weighted by Crippen LogP contribution is -2.25. The monoisotopic (exact) mass is 328 g/mol. The van der Waals surface area contributed by atoms with Gasteiger partial charge in [0.25, 0.3) is 5.91 Å². The SMILES string of the molecule is CCc1ccsc1C(=O)Nc1ccccc1N1CCCCCC1. The Morgan fingerprint density at radius 3 is 2.61 bits per heavy atom. The summed E-state index contributed by atoms with van der Waals surface area (Å²) >= 11 is 1.52. The quantitative estimate of drug-likeness (QED) is 0.862. The number of anilines is 2. The fourth-order valence-electron chi connectivity index (χ4n) is 3.16. The highest BCUT2D eigenvalue weighted by molar-refractivity contribution is 7.12. The molecule has 0 radical (unpaired) electrons. The van der Waals surface area contributed by atoms with E-state index >= 15 is 0 Å². The first-order valence-corrected chi connectivity index (χ1v) is 9.39. The highest BCUT2D eigenvalue weighted by Crippen LogP contribution is 2.29. The molecule has 2 aromatic rings. The number of para-hydroxylation sites is 2. The number of thiophene rings is 1. The zero-order valence-electron chi connectivity index (χ0n) is 13.7. The zero-order chi connectivity index (χ0) is 16.1. The minimum atomic E-state index is 0.0131. The van der Waals surface area contributed by atoms with Crippen molar-refractivity contribution in [3.05, 3.63) is 46.2 Å². The van der Waals surface area contributed by atoms with Gasteiger partial charge in [0.1, 0.15) is 0 Å². The molecule has 1 aliphatic rings. The molecule has 1 amide bonds. The van der Waals surface area contributed by atoms with E-state index in [1.165, 1.54) is 37.0 Å². The number of hydrogen-bond acceptors (Lipinski definition) is 3. The molecule has 1 aromatic heterocycles. The molecule has 0 aliphatic carbocycles. The van der Waals surface area contributed by atoms with Gasteiger partial charge in [0.15, 0.2) is 0 Å². The molecule has 0 atom stereocenters. The number of rotatable bonds is 4. The van der Waals surface area contributed by atoms with Gasteiger partial charge in [-0.25, -0.2) is 0 Å². The van der Waals surface area contributed by atoms with Gasteiger partial charge in [0.05, 0.1) is 16.3 Å². The predicted molar refractivity (Wildman–Crippen MR) is 98.8 cm³/mol. The lowest BCUT2D eigenvalue weighted by atomic mass is 10.2. The van der Waals surface area contributed by atoms with Crippen LogP contribution in [-0.4, -0.2) is 19.0 Å². The highest BCUT2D eigenvalue weighted by Gasteiger charge is 2.17. The summed E-state index contributed by atoms with van der Waals surface area (Å²) in [7, 11) is 0. The summed E-state index contributed by atoms with van der Waals surface area (Å²) in [6, 6.07) is 10.2. The molecule has 2 heterocycles. The summed E-state index contributed by atoms with van der Waals surface area (Å²) in [4.78, 5) is 15.9. The van der Waals surface area contributed by atoms with E-state index < -0.39 is 0 Å². The average molecular weight is 328 g/mol. The molecule has 3 rings (SSSR count). The molecule has 0 bridgehead atoms. The van der Waals surface area contributed by atoms with Crippen LogP contribution in [0.5, 0.6) is 0 Å². The Balaban J connectivity index is 1.81. The second-order valence-electron chi connectivity index (χ2n) is 6.00. The van der Waals surface area contributed by atoms with Crippen LogP contribution in [0.15, 0.2) is 35.7 Å². The van der Waals surface area contributed by atoms with E-state index in [4.69, 9.17) is 0 Å². The van der Waals surface area contributed by atoms with Crippen LogP contribution in [-0.2, 0) is 6.42 Å². The molecule has 1 aliphatic heterocycles. The Morgan fingerprint density at radius 1 is 1.13 bits per heavy atom. The Hall–Kier alpha value is -1.81. The standard InChI is InChI=1S/C19H24N2OS/c1-2-15-11-14-23-18(15)19(22)20-16-9-5-6-10-17(16)21-12-7-3-4-8-13-21/h5-6,9-11,14H,2-4,7-8,12-13H2,1H3,(H,20,22). The Bertz CT molecular complexity index is 657. The summed E-state index contributed by atoms with van der Waals surface area (Å²) in [6.07, 6.45) is 5.96. The maximum Gasteiger partial charge on any atom is 0.266 e. The van der Waals surface area contributed by atoms with Crippen molar-refractivity contribution < 1.29 is 4.79 Å². The van der Waals surface area contributed by atoms with Gasteiger partial charge in [-0.05, 0) is 48.4 Å². The fraction of sp³-hybridized carbons (Fsp3) is 0.421. The highest BCUT2D eigenvalue weighted by atomic mass is 32.1. The van der Waals surface area contributed by atoms with Gasteiger partial charge in [-0.1, -0.05) is 31.9 Å². The number of aryl methyl sites for hydroxylation is 1. The van der Waals surface area contributed by atoms with E-state index in [1.807, 2.05) is 23.6 Å². The molecule has 0 saturated carbocycles. The number of carbonyl (C=O) groups excluding carboxylic acids is 1. The third-order valence-electron chi connectivity index (χ3n) is 4.43. The molecule has 0 unspecified atom stereocenters. The van der Waals surface area contributed by atoms with E-state index in [0.717, 1.165) is 41.3 Å². The van der Waals surface area contributed by atoms with Crippen LogP contribution in [0.2, 0.25) is 0 Å². The Morgan fingerprint density at radius 2 is 1.87 bits per heavy atom. The van der Waals surface area contributed by atoms with Crippen molar-refractivity contribution in [3.63, 3.8) is 0 Å². The van der Waals surface area contributed by atoms with Gasteiger partial charge >= 0.3 is 0 Å². The number of nitrogens with one attached hydrogen (secondary N) is 1. The summed E-state index contributed by atoms with van der Waals surface area (Å²) in [6.45, 7) is 4.24. The van der Waals surface area contributed by atoms with E-state index in [2.05, 4.69) is 29.3 Å². The van der Waals surface area contributed by atoms with Gasteiger partial charge in [-0.15, -0.1) is 11.3 Å². The first-order valence-electron chi connectivity index (χ1n) is 8.51. The minimum Gasteiger partial charge on any atom is -0.370 e. The van der Waals surface area contributed by atoms with Crippen molar-refractivity contribution in [2.75, 3.05) is 23.3 Å². The van der Waals surface area contributed by atoms with Crippen LogP contribution in [0.25, 0.3) is 0 Å². The number of hydrogen-bond donors (Lipinski definition) is 1. The molecule has 122 valence electrons. The smallest absolute Gasteiger partial charge is 0.266 e. The van der Waals surface area contributed by atoms with Crippen molar-refractivity contribution in [1.82, 2.24) is 0 Å². The van der Waals surface area contributed by atoms with Gasteiger partial charge in [-0.2, -0.15) is 0 Å². The number of nitrogens with zero attached hydrogens (tertiary/aromatic N) is 1. The zero-order valence-corrected chi connectivity index (χ0v) is 14.5. The van der Waals surface area contributed by atoms with Crippen LogP contribution < -0.4 is 10.2 Å². The molecule has 4 heteroatoms. The molecule has 23 heavy (non-hydrogen) atoms. The predicted octanol–water partition coefficient (Wildman–Crippen LogP) is 4.94. The van der Waals surface area contributed by atoms with E-state index in [1.54, 1.807) is 0 Å². The fourth-order valence-corrected chi connectivity index (χ4v) is 4.05.